The summed E-state index contributed by atoms with van der Waals surface area (Å²) < 4.78 is 5.34. The van der Waals surface area contributed by atoms with Crippen LogP contribution >= 0.6 is 0 Å². The number of piperidine rings is 1. The van der Waals surface area contributed by atoms with E-state index in [1.807, 2.05) is 4.90 Å². The molecule has 2 atom stereocenters. The molecule has 0 saturated carbocycles. The van der Waals surface area contributed by atoms with Crippen LogP contribution in [-0.4, -0.2) is 36.9 Å². The summed E-state index contributed by atoms with van der Waals surface area (Å²) in [7, 11) is 0. The van der Waals surface area contributed by atoms with Crippen molar-refractivity contribution in [2.45, 2.75) is 59.5 Å². The second kappa shape index (κ2) is 8.41. The lowest BCUT2D eigenvalue weighted by Crippen LogP contribution is -2.53. The number of nitrogens with one attached hydrogen (secondary N) is 1. The van der Waals surface area contributed by atoms with Gasteiger partial charge >= 0.3 is 6.09 Å². The second-order valence-electron chi connectivity index (χ2n) is 6.11. The van der Waals surface area contributed by atoms with Crippen molar-refractivity contribution in [1.82, 2.24) is 10.2 Å². The fourth-order valence-electron chi connectivity index (χ4n) is 2.31. The molecule has 1 aliphatic rings. The summed E-state index contributed by atoms with van der Waals surface area (Å²) in [4.78, 5) is 14.0. The van der Waals surface area contributed by atoms with E-state index in [0.717, 1.165) is 38.8 Å². The number of hydrogen-bond donors (Lipinski definition) is 1. The van der Waals surface area contributed by atoms with Gasteiger partial charge in [-0.25, -0.2) is 4.79 Å². The Kier molecular flexibility index (Phi) is 7.21. The highest BCUT2D eigenvalue weighted by Gasteiger charge is 2.30. The molecule has 2 unspecified atom stereocenters. The van der Waals surface area contributed by atoms with Crippen molar-refractivity contribution < 1.29 is 9.53 Å². The van der Waals surface area contributed by atoms with Crippen LogP contribution in [0.1, 0.15) is 53.4 Å². The van der Waals surface area contributed by atoms with Gasteiger partial charge in [-0.05, 0) is 37.6 Å². The normalized spacial score (nSPS) is 23.7. The summed E-state index contributed by atoms with van der Waals surface area (Å²) in [5, 5.41) is 3.50. The van der Waals surface area contributed by atoms with Crippen molar-refractivity contribution in [2.75, 3.05) is 19.7 Å². The molecule has 112 valence electrons. The lowest BCUT2D eigenvalue weighted by Gasteiger charge is -2.38. The van der Waals surface area contributed by atoms with Crippen LogP contribution in [0.3, 0.4) is 0 Å². The van der Waals surface area contributed by atoms with E-state index in [-0.39, 0.29) is 12.3 Å². The molecule has 0 bridgehead atoms. The Labute approximate surface area is 117 Å². The molecular formula is C15H30N2O2. The van der Waals surface area contributed by atoms with E-state index in [9.17, 15) is 4.79 Å². The maximum Gasteiger partial charge on any atom is 0.411 e. The largest absolute Gasteiger partial charge is 0.449 e. The maximum absolute atomic E-state index is 12.1. The van der Waals surface area contributed by atoms with E-state index >= 15 is 0 Å². The number of ether oxygens (including phenoxy) is 1. The minimum Gasteiger partial charge on any atom is -0.449 e. The van der Waals surface area contributed by atoms with Crippen molar-refractivity contribution in [2.24, 2.45) is 11.8 Å². The third-order valence-corrected chi connectivity index (χ3v) is 3.58. The minimum absolute atomic E-state index is 0.139. The fraction of sp³-hybridized carbons (Fsp3) is 0.933. The maximum atomic E-state index is 12.1. The molecule has 1 saturated heterocycles. The highest BCUT2D eigenvalue weighted by molar-refractivity contribution is 5.68. The Morgan fingerprint density at radius 3 is 2.84 bits per heavy atom. The van der Waals surface area contributed by atoms with Crippen LogP contribution in [-0.2, 0) is 4.74 Å². The van der Waals surface area contributed by atoms with Gasteiger partial charge in [0, 0.05) is 6.54 Å². The predicted octanol–water partition coefficient (Wildman–Crippen LogP) is 3.23. The monoisotopic (exact) mass is 270 g/mol. The van der Waals surface area contributed by atoms with E-state index in [1.54, 1.807) is 0 Å². The fourth-order valence-corrected chi connectivity index (χ4v) is 2.31. The number of carbonyl (C=O) groups excluding carboxylic acids is 1. The Morgan fingerprint density at radius 1 is 1.47 bits per heavy atom. The lowest BCUT2D eigenvalue weighted by atomic mass is 9.96. The smallest absolute Gasteiger partial charge is 0.411 e. The first-order chi connectivity index (χ1) is 9.04. The molecule has 19 heavy (non-hydrogen) atoms. The van der Waals surface area contributed by atoms with Crippen molar-refractivity contribution in [3.63, 3.8) is 0 Å². The molecular weight excluding hydrogens is 240 g/mol. The molecule has 0 radical (unpaired) electrons. The van der Waals surface area contributed by atoms with Crippen LogP contribution < -0.4 is 5.32 Å². The quantitative estimate of drug-likeness (QED) is 0.753. The zero-order valence-electron chi connectivity index (χ0n) is 12.9. The van der Waals surface area contributed by atoms with Crippen LogP contribution in [0.2, 0.25) is 0 Å². The molecule has 1 fully saturated rings. The van der Waals surface area contributed by atoms with Crippen LogP contribution in [0.5, 0.6) is 0 Å². The van der Waals surface area contributed by atoms with Crippen molar-refractivity contribution >= 4 is 6.09 Å². The molecule has 1 aliphatic heterocycles. The Bertz CT molecular complexity index is 269. The summed E-state index contributed by atoms with van der Waals surface area (Å²) in [5.74, 6) is 1.26. The Balaban J connectivity index is 2.48. The summed E-state index contributed by atoms with van der Waals surface area (Å²) in [6.07, 6.45) is 4.08. The molecule has 1 heterocycles. The number of rotatable bonds is 6. The third-order valence-electron chi connectivity index (χ3n) is 3.58. The minimum atomic E-state index is -0.151. The number of hydrogen-bond acceptors (Lipinski definition) is 3. The highest BCUT2D eigenvalue weighted by atomic mass is 16.6. The first-order valence-electron chi connectivity index (χ1n) is 7.71. The van der Waals surface area contributed by atoms with Gasteiger partial charge in [0.2, 0.25) is 0 Å². The SMILES string of the molecule is CCCCOC(=O)N1CCC(C)CC1NCC(C)C. The first kappa shape index (κ1) is 16.3. The third kappa shape index (κ3) is 5.81. The summed E-state index contributed by atoms with van der Waals surface area (Å²) in [6, 6.07) is 0. The van der Waals surface area contributed by atoms with Gasteiger partial charge in [-0.1, -0.05) is 34.1 Å². The molecule has 0 aliphatic carbocycles. The number of amides is 1. The van der Waals surface area contributed by atoms with Gasteiger partial charge in [-0.2, -0.15) is 0 Å². The Morgan fingerprint density at radius 2 is 2.21 bits per heavy atom. The van der Waals surface area contributed by atoms with Crippen molar-refractivity contribution in [1.29, 1.82) is 0 Å². The first-order valence-corrected chi connectivity index (χ1v) is 7.71. The summed E-state index contributed by atoms with van der Waals surface area (Å²) >= 11 is 0. The van der Waals surface area contributed by atoms with E-state index in [4.69, 9.17) is 4.74 Å². The molecule has 0 spiro atoms. The molecule has 0 aromatic rings. The van der Waals surface area contributed by atoms with Gasteiger partial charge in [-0.3, -0.25) is 10.2 Å². The van der Waals surface area contributed by atoms with Crippen LogP contribution in [0.4, 0.5) is 4.79 Å². The van der Waals surface area contributed by atoms with Crippen LogP contribution in [0.25, 0.3) is 0 Å². The standard InChI is InChI=1S/C15H30N2O2/c1-5-6-9-19-15(18)17-8-7-13(4)10-14(17)16-11-12(2)3/h12-14,16H,5-11H2,1-4H3. The van der Waals surface area contributed by atoms with Gasteiger partial charge in [0.15, 0.2) is 0 Å². The number of unbranched alkanes of at least 4 members (excludes halogenated alkanes) is 1. The van der Waals surface area contributed by atoms with Gasteiger partial charge in [0.1, 0.15) is 0 Å². The molecule has 0 aromatic carbocycles. The van der Waals surface area contributed by atoms with Gasteiger partial charge in [0.05, 0.1) is 12.8 Å². The molecule has 1 amide bonds. The average molecular weight is 270 g/mol. The van der Waals surface area contributed by atoms with Crippen molar-refractivity contribution in [3.8, 4) is 0 Å². The van der Waals surface area contributed by atoms with E-state index in [2.05, 4.69) is 33.0 Å². The van der Waals surface area contributed by atoms with Gasteiger partial charge in [-0.15, -0.1) is 0 Å². The molecule has 1 rings (SSSR count). The van der Waals surface area contributed by atoms with Crippen LogP contribution in [0, 0.1) is 11.8 Å². The van der Waals surface area contributed by atoms with E-state index in [0.29, 0.717) is 18.4 Å². The number of carbonyl (C=O) groups is 1. The van der Waals surface area contributed by atoms with Crippen LogP contribution in [0.15, 0.2) is 0 Å². The van der Waals surface area contributed by atoms with E-state index in [1.165, 1.54) is 0 Å². The zero-order valence-corrected chi connectivity index (χ0v) is 12.9. The van der Waals surface area contributed by atoms with Gasteiger partial charge < -0.3 is 4.74 Å². The number of nitrogens with zero attached hydrogens (tertiary/aromatic N) is 1. The molecule has 1 N–H and O–H groups in total. The molecule has 4 nitrogen and oxygen atoms in total. The zero-order chi connectivity index (χ0) is 14.3. The van der Waals surface area contributed by atoms with Gasteiger partial charge in [0.25, 0.3) is 0 Å². The molecule has 4 heteroatoms. The summed E-state index contributed by atoms with van der Waals surface area (Å²) in [6.45, 7) is 11.0. The second-order valence-corrected chi connectivity index (χ2v) is 6.11. The number of likely N-dealkylation sites (tertiary alicyclic amines) is 1. The average Bonchev–Trinajstić information content (AvgIpc) is 2.36. The predicted molar refractivity (Wildman–Crippen MR) is 78.0 cm³/mol. The van der Waals surface area contributed by atoms with Crippen molar-refractivity contribution in [3.05, 3.63) is 0 Å². The lowest BCUT2D eigenvalue weighted by molar-refractivity contribution is 0.0517. The Hall–Kier alpha value is -0.770. The van der Waals surface area contributed by atoms with E-state index < -0.39 is 0 Å². The highest BCUT2D eigenvalue weighted by Crippen LogP contribution is 2.21. The molecule has 0 aromatic heterocycles. The topological polar surface area (TPSA) is 41.6 Å². The summed E-state index contributed by atoms with van der Waals surface area (Å²) in [5.41, 5.74) is 0.